The first-order valence-electron chi connectivity index (χ1n) is 5.93. The molecular weight excluding hydrogens is 296 g/mol. The number of carbonyl (C=O) groups excluding carboxylic acids is 1. The second kappa shape index (κ2) is 5.84. The zero-order valence-corrected chi connectivity index (χ0v) is 12.0. The second-order valence-electron chi connectivity index (χ2n) is 4.39. The van der Waals surface area contributed by atoms with Crippen molar-refractivity contribution in [2.45, 2.75) is 13.8 Å². The maximum Gasteiger partial charge on any atom is 0.293 e. The van der Waals surface area contributed by atoms with Crippen LogP contribution in [0, 0.1) is 24.0 Å². The van der Waals surface area contributed by atoms with Gasteiger partial charge in [-0.25, -0.2) is 4.98 Å². The van der Waals surface area contributed by atoms with Gasteiger partial charge < -0.3 is 5.32 Å². The molecule has 21 heavy (non-hydrogen) atoms. The van der Waals surface area contributed by atoms with E-state index in [0.717, 1.165) is 11.1 Å². The summed E-state index contributed by atoms with van der Waals surface area (Å²) in [6, 6.07) is 2.96. The minimum absolute atomic E-state index is 0.0185. The number of halogens is 1. The van der Waals surface area contributed by atoms with Crippen LogP contribution in [0.3, 0.4) is 0 Å². The Labute approximate surface area is 125 Å². The normalized spacial score (nSPS) is 10.2. The lowest BCUT2D eigenvalue weighted by Gasteiger charge is -2.08. The predicted octanol–water partition coefficient (Wildman–Crippen LogP) is 2.91. The highest BCUT2D eigenvalue weighted by molar-refractivity contribution is 6.29. The summed E-state index contributed by atoms with van der Waals surface area (Å²) in [5.74, 6) is -0.614. The van der Waals surface area contributed by atoms with E-state index >= 15 is 0 Å². The highest BCUT2D eigenvalue weighted by atomic mass is 35.5. The van der Waals surface area contributed by atoms with Crippen LogP contribution in [0.15, 0.2) is 24.5 Å². The van der Waals surface area contributed by atoms with Gasteiger partial charge in [0.25, 0.3) is 11.6 Å². The molecule has 0 unspecified atom stereocenters. The van der Waals surface area contributed by atoms with E-state index in [1.54, 1.807) is 19.9 Å². The van der Waals surface area contributed by atoms with Crippen LogP contribution in [-0.2, 0) is 0 Å². The minimum Gasteiger partial charge on any atom is -0.315 e. The van der Waals surface area contributed by atoms with E-state index < -0.39 is 10.8 Å². The van der Waals surface area contributed by atoms with Crippen LogP contribution in [0.1, 0.15) is 21.6 Å². The average Bonchev–Trinajstić information content (AvgIpc) is 2.42. The van der Waals surface area contributed by atoms with Gasteiger partial charge in [-0.3, -0.25) is 19.9 Å². The third-order valence-electron chi connectivity index (χ3n) is 2.89. The van der Waals surface area contributed by atoms with Crippen LogP contribution in [0.4, 0.5) is 11.4 Å². The Morgan fingerprint density at radius 3 is 2.57 bits per heavy atom. The van der Waals surface area contributed by atoms with Gasteiger partial charge in [0.15, 0.2) is 0 Å². The molecule has 0 spiro atoms. The minimum atomic E-state index is -0.614. The number of nitrogens with zero attached hydrogens (tertiary/aromatic N) is 3. The first kappa shape index (κ1) is 14.9. The van der Waals surface area contributed by atoms with Crippen molar-refractivity contribution in [1.29, 1.82) is 0 Å². The largest absolute Gasteiger partial charge is 0.315 e. The predicted molar refractivity (Wildman–Crippen MR) is 77.6 cm³/mol. The van der Waals surface area contributed by atoms with Gasteiger partial charge in [-0.1, -0.05) is 11.6 Å². The van der Waals surface area contributed by atoms with Crippen molar-refractivity contribution in [2.75, 3.05) is 5.32 Å². The quantitative estimate of drug-likeness (QED) is 0.694. The SMILES string of the molecule is Cc1cc(NC(=O)c2cncc(Cl)n2)c([N+](=O)[O-])cc1C. The van der Waals surface area contributed by atoms with Crippen molar-refractivity contribution in [2.24, 2.45) is 0 Å². The Kier molecular flexibility index (Phi) is 4.13. The number of carbonyl (C=O) groups is 1. The van der Waals surface area contributed by atoms with E-state index in [9.17, 15) is 14.9 Å². The Morgan fingerprint density at radius 1 is 1.29 bits per heavy atom. The van der Waals surface area contributed by atoms with Gasteiger partial charge in [0.05, 0.1) is 17.3 Å². The van der Waals surface area contributed by atoms with Gasteiger partial charge >= 0.3 is 0 Å². The van der Waals surface area contributed by atoms with E-state index in [-0.39, 0.29) is 22.2 Å². The topological polar surface area (TPSA) is 98.0 Å². The van der Waals surface area contributed by atoms with Crippen molar-refractivity contribution in [3.05, 3.63) is 56.6 Å². The fourth-order valence-electron chi connectivity index (χ4n) is 1.69. The molecule has 0 saturated carbocycles. The Hall–Kier alpha value is -2.54. The van der Waals surface area contributed by atoms with Gasteiger partial charge in [-0.2, -0.15) is 0 Å². The van der Waals surface area contributed by atoms with E-state index in [2.05, 4.69) is 15.3 Å². The van der Waals surface area contributed by atoms with Crippen LogP contribution < -0.4 is 5.32 Å². The van der Waals surface area contributed by atoms with Gasteiger partial charge in [0.1, 0.15) is 16.5 Å². The second-order valence-corrected chi connectivity index (χ2v) is 4.78. The molecule has 1 aromatic heterocycles. The molecule has 2 rings (SSSR count). The van der Waals surface area contributed by atoms with E-state index in [0.29, 0.717) is 0 Å². The van der Waals surface area contributed by atoms with Crippen molar-refractivity contribution in [3.8, 4) is 0 Å². The molecule has 0 radical (unpaired) electrons. The summed E-state index contributed by atoms with van der Waals surface area (Å²) in [5, 5.41) is 13.6. The van der Waals surface area contributed by atoms with Gasteiger partial charge in [-0.05, 0) is 31.0 Å². The summed E-state index contributed by atoms with van der Waals surface area (Å²) in [7, 11) is 0. The number of hydrogen-bond donors (Lipinski definition) is 1. The van der Waals surface area contributed by atoms with Crippen LogP contribution in [-0.4, -0.2) is 20.8 Å². The molecular formula is C13H11ClN4O3. The van der Waals surface area contributed by atoms with Crippen molar-refractivity contribution >= 4 is 28.9 Å². The van der Waals surface area contributed by atoms with Crippen LogP contribution in [0.25, 0.3) is 0 Å². The molecule has 1 N–H and O–H groups in total. The van der Waals surface area contributed by atoms with Crippen molar-refractivity contribution in [3.63, 3.8) is 0 Å². The van der Waals surface area contributed by atoms with Gasteiger partial charge in [0, 0.05) is 6.07 Å². The molecule has 0 fully saturated rings. The van der Waals surface area contributed by atoms with Gasteiger partial charge in [-0.15, -0.1) is 0 Å². The molecule has 8 heteroatoms. The summed E-state index contributed by atoms with van der Waals surface area (Å²) in [6.07, 6.45) is 2.52. The summed E-state index contributed by atoms with van der Waals surface area (Å²) in [6.45, 7) is 3.56. The Morgan fingerprint density at radius 2 is 1.95 bits per heavy atom. The van der Waals surface area contributed by atoms with Gasteiger partial charge in [0.2, 0.25) is 0 Å². The highest BCUT2D eigenvalue weighted by Gasteiger charge is 2.19. The number of aromatic nitrogens is 2. The molecule has 7 nitrogen and oxygen atoms in total. The molecule has 0 atom stereocenters. The summed E-state index contributed by atoms with van der Waals surface area (Å²) < 4.78 is 0. The Balaban J connectivity index is 2.37. The zero-order chi connectivity index (χ0) is 15.6. The molecule has 2 aromatic rings. The molecule has 0 bridgehead atoms. The number of hydrogen-bond acceptors (Lipinski definition) is 5. The zero-order valence-electron chi connectivity index (χ0n) is 11.3. The molecule has 0 aliphatic carbocycles. The fraction of sp³-hybridized carbons (Fsp3) is 0.154. The lowest BCUT2D eigenvalue weighted by Crippen LogP contribution is -2.15. The molecule has 1 amide bonds. The monoisotopic (exact) mass is 306 g/mol. The number of nitrogens with one attached hydrogen (secondary N) is 1. The lowest BCUT2D eigenvalue weighted by molar-refractivity contribution is -0.384. The number of nitro benzene ring substituents is 1. The van der Waals surface area contributed by atoms with E-state index in [4.69, 9.17) is 11.6 Å². The summed E-state index contributed by atoms with van der Waals surface area (Å²) >= 11 is 5.66. The molecule has 1 aromatic carbocycles. The van der Waals surface area contributed by atoms with E-state index in [1.165, 1.54) is 18.5 Å². The number of amides is 1. The smallest absolute Gasteiger partial charge is 0.293 e. The summed E-state index contributed by atoms with van der Waals surface area (Å²) in [4.78, 5) is 30.1. The first-order chi connectivity index (χ1) is 9.88. The molecule has 0 aliphatic heterocycles. The number of anilines is 1. The van der Waals surface area contributed by atoms with Crippen molar-refractivity contribution in [1.82, 2.24) is 9.97 Å². The third kappa shape index (κ3) is 3.32. The average molecular weight is 307 g/mol. The summed E-state index contributed by atoms with van der Waals surface area (Å²) in [5.41, 5.74) is 1.50. The number of aryl methyl sites for hydroxylation is 2. The maximum atomic E-state index is 12.0. The third-order valence-corrected chi connectivity index (χ3v) is 3.08. The number of rotatable bonds is 3. The molecule has 108 valence electrons. The maximum absolute atomic E-state index is 12.0. The highest BCUT2D eigenvalue weighted by Crippen LogP contribution is 2.28. The van der Waals surface area contributed by atoms with E-state index in [1.807, 2.05) is 0 Å². The standard InChI is InChI=1S/C13H11ClN4O3/c1-7-3-9(11(18(20)21)4-8(7)2)17-13(19)10-5-15-6-12(14)16-10/h3-6H,1-2H3,(H,17,19). The first-order valence-corrected chi connectivity index (χ1v) is 6.31. The Bertz CT molecular complexity index is 733. The van der Waals surface area contributed by atoms with Crippen LogP contribution >= 0.6 is 11.6 Å². The molecule has 0 saturated heterocycles. The van der Waals surface area contributed by atoms with Crippen molar-refractivity contribution < 1.29 is 9.72 Å². The lowest BCUT2D eigenvalue weighted by atomic mass is 10.1. The number of nitro groups is 1. The number of benzene rings is 1. The molecule has 1 heterocycles. The van der Waals surface area contributed by atoms with Crippen LogP contribution in [0.5, 0.6) is 0 Å². The molecule has 0 aliphatic rings. The van der Waals surface area contributed by atoms with Crippen LogP contribution in [0.2, 0.25) is 5.15 Å². The fourth-order valence-corrected chi connectivity index (χ4v) is 1.84.